The van der Waals surface area contributed by atoms with Crippen LogP contribution < -0.4 is 0 Å². The van der Waals surface area contributed by atoms with E-state index in [0.29, 0.717) is 24.9 Å². The molecular weight excluding hydrogens is 245 g/mol. The first-order valence-electron chi connectivity index (χ1n) is 6.68. The minimum atomic E-state index is -0.486. The van der Waals surface area contributed by atoms with Crippen LogP contribution in [0.5, 0.6) is 0 Å². The Labute approximate surface area is 113 Å². The third-order valence-corrected chi connectivity index (χ3v) is 4.24. The average Bonchev–Trinajstić information content (AvgIpc) is 3.14. The maximum absolute atomic E-state index is 11.4. The summed E-state index contributed by atoms with van der Waals surface area (Å²) < 4.78 is 4.91. The van der Waals surface area contributed by atoms with Gasteiger partial charge >= 0.3 is 30.3 Å². The number of rotatable bonds is 3. The predicted molar refractivity (Wildman–Crippen MR) is 69.2 cm³/mol. The van der Waals surface area contributed by atoms with E-state index in [9.17, 15) is 9.90 Å². The van der Waals surface area contributed by atoms with E-state index in [0.717, 1.165) is 6.42 Å². The van der Waals surface area contributed by atoms with Gasteiger partial charge in [-0.3, -0.25) is 4.79 Å². The molecule has 1 saturated carbocycles. The van der Waals surface area contributed by atoms with Crippen LogP contribution in [0.1, 0.15) is 19.3 Å². The minimum absolute atomic E-state index is 0.200. The molecule has 2 N–H and O–H groups in total. The normalized spacial score (nSPS) is 36.6. The summed E-state index contributed by atoms with van der Waals surface area (Å²) in [6, 6.07) is 0. The van der Waals surface area contributed by atoms with Crippen molar-refractivity contribution < 1.29 is 19.7 Å². The van der Waals surface area contributed by atoms with Gasteiger partial charge < -0.3 is 9.84 Å². The number of hydrogen-bond donors (Lipinski definition) is 2. The Morgan fingerprint density at radius 1 is 1.47 bits per heavy atom. The molecule has 0 amide bonds. The number of carbonyl (C=O) groups excluding carboxylic acids is 1. The Kier molecular flexibility index (Phi) is 4.88. The van der Waals surface area contributed by atoms with Gasteiger partial charge in [-0.25, -0.2) is 0 Å². The second-order valence-electron chi connectivity index (χ2n) is 5.32. The first-order valence-corrected chi connectivity index (χ1v) is 6.68. The molecule has 3 aliphatic rings. The van der Waals surface area contributed by atoms with Gasteiger partial charge in [-0.2, -0.15) is 0 Å². The SMILES string of the molecule is O=C1OCCC1C(O)C1CC2C=CC1C2.[B]=NCO. The molecule has 103 valence electrons. The molecule has 1 saturated heterocycles. The first kappa shape index (κ1) is 14.4. The zero-order chi connectivity index (χ0) is 13.8. The van der Waals surface area contributed by atoms with Gasteiger partial charge in [-0.15, -0.1) is 0 Å². The Balaban J connectivity index is 0.000000297. The Hall–Kier alpha value is -1.01. The second kappa shape index (κ2) is 6.43. The van der Waals surface area contributed by atoms with Crippen molar-refractivity contribution in [3.05, 3.63) is 12.2 Å². The summed E-state index contributed by atoms with van der Waals surface area (Å²) in [4.78, 5) is 14.2. The number of aliphatic hydroxyl groups excluding tert-OH is 2. The number of hydrogen-bond acceptors (Lipinski definition) is 5. The number of esters is 1. The van der Waals surface area contributed by atoms with Crippen molar-refractivity contribution in [3.8, 4) is 0 Å². The molecule has 0 aromatic heterocycles. The molecule has 6 heteroatoms. The van der Waals surface area contributed by atoms with Gasteiger partial charge in [0.25, 0.3) is 0 Å². The zero-order valence-corrected chi connectivity index (χ0v) is 10.8. The van der Waals surface area contributed by atoms with Crippen LogP contribution in [-0.4, -0.2) is 43.3 Å². The number of carbonyl (C=O) groups is 1. The van der Waals surface area contributed by atoms with Crippen LogP contribution in [0.25, 0.3) is 0 Å². The summed E-state index contributed by atoms with van der Waals surface area (Å²) in [5.74, 6) is 0.970. The Morgan fingerprint density at radius 3 is 2.63 bits per heavy atom. The topological polar surface area (TPSA) is 79.1 Å². The summed E-state index contributed by atoms with van der Waals surface area (Å²) in [6.45, 7) is 0.206. The van der Waals surface area contributed by atoms with Gasteiger partial charge in [0.15, 0.2) is 0 Å². The summed E-state index contributed by atoms with van der Waals surface area (Å²) in [6.07, 6.45) is 6.89. The van der Waals surface area contributed by atoms with Crippen LogP contribution in [0.2, 0.25) is 0 Å². The third kappa shape index (κ3) is 3.12. The van der Waals surface area contributed by atoms with E-state index in [1.807, 2.05) is 0 Å². The van der Waals surface area contributed by atoms with Crippen molar-refractivity contribution in [3.63, 3.8) is 0 Å². The Bertz CT molecular complexity index is 374. The van der Waals surface area contributed by atoms with Crippen molar-refractivity contribution in [2.45, 2.75) is 25.4 Å². The van der Waals surface area contributed by atoms with Crippen LogP contribution in [0, 0.1) is 23.7 Å². The van der Waals surface area contributed by atoms with Crippen LogP contribution >= 0.6 is 0 Å². The first-order chi connectivity index (χ1) is 9.17. The number of fused-ring (bicyclic) bond motifs is 2. The summed E-state index contributed by atoms with van der Waals surface area (Å²) in [5, 5.41) is 17.8. The summed E-state index contributed by atoms with van der Waals surface area (Å²) >= 11 is 0. The van der Waals surface area contributed by atoms with Gasteiger partial charge in [0.2, 0.25) is 0 Å². The zero-order valence-electron chi connectivity index (χ0n) is 10.8. The van der Waals surface area contributed by atoms with Crippen molar-refractivity contribution in [2.75, 3.05) is 13.3 Å². The van der Waals surface area contributed by atoms with Crippen molar-refractivity contribution in [2.24, 2.45) is 28.6 Å². The molecule has 1 heterocycles. The second-order valence-corrected chi connectivity index (χ2v) is 5.32. The average molecular weight is 264 g/mol. The molecule has 3 rings (SSSR count). The fourth-order valence-electron chi connectivity index (χ4n) is 3.34. The number of nitrogens with zero attached hydrogens (tertiary/aromatic N) is 1. The van der Waals surface area contributed by atoms with Crippen LogP contribution in [-0.2, 0) is 9.53 Å². The summed E-state index contributed by atoms with van der Waals surface area (Å²) in [7, 11) is 4.40. The molecule has 2 bridgehead atoms. The van der Waals surface area contributed by atoms with E-state index in [-0.39, 0.29) is 24.5 Å². The summed E-state index contributed by atoms with van der Waals surface area (Å²) in [5.41, 5.74) is 0. The Morgan fingerprint density at radius 2 is 2.21 bits per heavy atom. The molecule has 5 nitrogen and oxygen atoms in total. The van der Waals surface area contributed by atoms with Crippen LogP contribution in [0.15, 0.2) is 17.0 Å². The molecule has 5 unspecified atom stereocenters. The number of ether oxygens (including phenoxy) is 1. The van der Waals surface area contributed by atoms with Gasteiger partial charge in [0.05, 0.1) is 18.6 Å². The standard InChI is InChI=1S/C12H16O3.CH3BNO/c13-11(9-3-4-15-12(9)14)10-6-7-1-2-8(10)5-7;2-3-1-4/h1-2,7-11,13H,3-6H2;4H,1H2. The van der Waals surface area contributed by atoms with Crippen molar-refractivity contribution in [1.29, 1.82) is 0 Å². The van der Waals surface area contributed by atoms with Crippen molar-refractivity contribution >= 4 is 13.6 Å². The van der Waals surface area contributed by atoms with E-state index in [1.54, 1.807) is 0 Å². The van der Waals surface area contributed by atoms with Crippen molar-refractivity contribution in [1.82, 2.24) is 0 Å². The molecule has 19 heavy (non-hydrogen) atoms. The van der Waals surface area contributed by atoms with E-state index in [2.05, 4.69) is 24.7 Å². The molecule has 1 aliphatic heterocycles. The molecule has 1 radical (unpaired) electrons. The molecule has 5 atom stereocenters. The monoisotopic (exact) mass is 264 g/mol. The fraction of sp³-hybridized carbons (Fsp3) is 0.769. The molecule has 0 spiro atoms. The number of aliphatic hydroxyl groups is 2. The molecule has 2 aliphatic carbocycles. The van der Waals surface area contributed by atoms with E-state index in [4.69, 9.17) is 9.84 Å². The van der Waals surface area contributed by atoms with Gasteiger partial charge in [0, 0.05) is 0 Å². The predicted octanol–water partition coefficient (Wildman–Crippen LogP) is 0.411. The van der Waals surface area contributed by atoms with Gasteiger partial charge in [-0.1, -0.05) is 12.2 Å². The number of allylic oxidation sites excluding steroid dienone is 2. The van der Waals surface area contributed by atoms with Gasteiger partial charge in [-0.05, 0) is 37.0 Å². The molecular formula is C13H19BNO4. The quantitative estimate of drug-likeness (QED) is 0.439. The number of cyclic esters (lactones) is 1. The molecule has 0 aromatic carbocycles. The fourth-order valence-corrected chi connectivity index (χ4v) is 3.34. The third-order valence-electron chi connectivity index (χ3n) is 4.24. The van der Waals surface area contributed by atoms with Crippen LogP contribution in [0.3, 0.4) is 0 Å². The molecule has 0 aromatic rings. The van der Waals surface area contributed by atoms with Crippen LogP contribution in [0.4, 0.5) is 0 Å². The maximum atomic E-state index is 11.4. The van der Waals surface area contributed by atoms with Gasteiger partial charge in [0.1, 0.15) is 0 Å². The molecule has 2 fully saturated rings. The van der Waals surface area contributed by atoms with E-state index >= 15 is 0 Å². The van der Waals surface area contributed by atoms with E-state index in [1.165, 1.54) is 6.42 Å². The van der Waals surface area contributed by atoms with E-state index < -0.39 is 6.10 Å².